The van der Waals surface area contributed by atoms with Gasteiger partial charge in [-0.25, -0.2) is 0 Å². The molecule has 34 heavy (non-hydrogen) atoms. The smallest absolute Gasteiger partial charge is 0.465 e. The molecule has 0 spiro atoms. The van der Waals surface area contributed by atoms with E-state index in [0.29, 0.717) is 21.2 Å². The van der Waals surface area contributed by atoms with Gasteiger partial charge in [-0.2, -0.15) is 13.2 Å². The molecule has 0 saturated heterocycles. The summed E-state index contributed by atoms with van der Waals surface area (Å²) in [4.78, 5) is 23.8. The van der Waals surface area contributed by atoms with E-state index in [1.54, 1.807) is 36.4 Å². The quantitative estimate of drug-likeness (QED) is 0.263. The second-order valence-electron chi connectivity index (χ2n) is 6.86. The van der Waals surface area contributed by atoms with Crippen LogP contribution in [0.2, 0.25) is 10.0 Å². The van der Waals surface area contributed by atoms with Crippen LogP contribution < -0.4 is 0 Å². The highest BCUT2D eigenvalue weighted by molar-refractivity contribution is 7.53. The van der Waals surface area contributed by atoms with E-state index < -0.39 is 38.5 Å². The predicted molar refractivity (Wildman–Crippen MR) is 119 cm³/mol. The first-order chi connectivity index (χ1) is 15.9. The highest BCUT2D eigenvalue weighted by atomic mass is 35.5. The molecular weight excluding hydrogens is 521 g/mol. The van der Waals surface area contributed by atoms with Crippen LogP contribution in [0.1, 0.15) is 18.1 Å². The lowest BCUT2D eigenvalue weighted by Crippen LogP contribution is -2.44. The zero-order valence-corrected chi connectivity index (χ0v) is 20.3. The summed E-state index contributed by atoms with van der Waals surface area (Å²) in [5.74, 6) is -3.50. The van der Waals surface area contributed by atoms with Crippen LogP contribution in [0.4, 0.5) is 13.2 Å². The lowest BCUT2D eigenvalue weighted by atomic mass is 10.2. The van der Waals surface area contributed by atoms with Gasteiger partial charge in [0.25, 0.3) is 0 Å². The van der Waals surface area contributed by atoms with Crippen LogP contribution in [0.3, 0.4) is 0 Å². The molecule has 2 rings (SSSR count). The van der Waals surface area contributed by atoms with Crippen molar-refractivity contribution in [3.8, 4) is 0 Å². The first-order valence-corrected chi connectivity index (χ1v) is 12.3. The van der Waals surface area contributed by atoms with Gasteiger partial charge >= 0.3 is 25.6 Å². The van der Waals surface area contributed by atoms with Gasteiger partial charge in [0.15, 0.2) is 0 Å². The summed E-state index contributed by atoms with van der Waals surface area (Å²) in [6, 6.07) is 12.5. The zero-order chi connectivity index (χ0) is 25.4. The number of carbonyl (C=O) groups excluding carboxylic acids is 2. The molecule has 0 bridgehead atoms. The molecule has 0 aromatic heterocycles. The zero-order valence-electron chi connectivity index (χ0n) is 17.9. The van der Waals surface area contributed by atoms with Crippen molar-refractivity contribution in [2.45, 2.75) is 26.3 Å². The van der Waals surface area contributed by atoms with Crippen LogP contribution in [-0.4, -0.2) is 42.4 Å². The molecule has 0 unspecified atom stereocenters. The van der Waals surface area contributed by atoms with E-state index in [4.69, 9.17) is 32.2 Å². The molecule has 0 N–H and O–H groups in total. The monoisotopic (exact) mass is 541 g/mol. The molecule has 0 radical (unpaired) electrons. The van der Waals surface area contributed by atoms with Gasteiger partial charge in [-0.1, -0.05) is 47.5 Å². The minimum Gasteiger partial charge on any atom is -0.465 e. The summed E-state index contributed by atoms with van der Waals surface area (Å²) in [6.07, 6.45) is -6.48. The van der Waals surface area contributed by atoms with Crippen molar-refractivity contribution in [2.75, 3.05) is 19.4 Å². The van der Waals surface area contributed by atoms with E-state index >= 15 is 0 Å². The first-order valence-electron chi connectivity index (χ1n) is 9.80. The number of hydrogen-bond acceptors (Lipinski definition) is 6. The Morgan fingerprint density at radius 3 is 1.88 bits per heavy atom. The average molecular weight is 542 g/mol. The summed E-state index contributed by atoms with van der Waals surface area (Å²) in [5.41, 5.74) is 0.913. The first kappa shape index (κ1) is 28.1. The van der Waals surface area contributed by atoms with Gasteiger partial charge in [-0.15, -0.1) is 0 Å². The molecule has 186 valence electrons. The number of rotatable bonds is 11. The highest BCUT2D eigenvalue weighted by Crippen LogP contribution is 2.50. The van der Waals surface area contributed by atoms with Crippen LogP contribution in [0.5, 0.6) is 0 Å². The number of hydrogen-bond donors (Lipinski definition) is 0. The molecule has 0 saturated carbocycles. The van der Waals surface area contributed by atoms with E-state index in [9.17, 15) is 27.3 Å². The van der Waals surface area contributed by atoms with Crippen molar-refractivity contribution in [1.82, 2.24) is 4.90 Å². The van der Waals surface area contributed by atoms with Gasteiger partial charge in [0.1, 0.15) is 12.8 Å². The lowest BCUT2D eigenvalue weighted by Gasteiger charge is -2.27. The second-order valence-corrected chi connectivity index (χ2v) is 9.76. The van der Waals surface area contributed by atoms with E-state index in [1.807, 2.05) is 0 Å². The second kappa shape index (κ2) is 12.6. The number of benzene rings is 2. The number of esters is 1. The van der Waals surface area contributed by atoms with Gasteiger partial charge in [-0.3, -0.25) is 14.2 Å². The van der Waals surface area contributed by atoms with E-state index in [0.717, 1.165) is 0 Å². The fourth-order valence-electron chi connectivity index (χ4n) is 2.66. The fourth-order valence-corrected chi connectivity index (χ4v) is 4.66. The van der Waals surface area contributed by atoms with Crippen molar-refractivity contribution in [3.05, 3.63) is 69.7 Å². The molecule has 0 aliphatic rings. The van der Waals surface area contributed by atoms with Crippen LogP contribution in [0.25, 0.3) is 0 Å². The number of ether oxygens (including phenoxy) is 1. The van der Waals surface area contributed by atoms with Crippen LogP contribution >= 0.6 is 30.8 Å². The Hall–Kier alpha value is -2.10. The predicted octanol–water partition coefficient (Wildman–Crippen LogP) is 5.83. The topological polar surface area (TPSA) is 82.1 Å². The number of nitrogens with zero attached hydrogens (tertiary/aromatic N) is 1. The number of alkyl halides is 3. The maximum atomic E-state index is 13.5. The molecule has 7 nitrogen and oxygen atoms in total. The van der Waals surface area contributed by atoms with Gasteiger partial charge in [-0.05, 0) is 42.3 Å². The minimum absolute atomic E-state index is 0.0364. The van der Waals surface area contributed by atoms with Crippen molar-refractivity contribution < 1.29 is 41.1 Å². The Morgan fingerprint density at radius 1 is 0.971 bits per heavy atom. The van der Waals surface area contributed by atoms with Crippen LogP contribution in [0.15, 0.2) is 48.5 Å². The Bertz CT molecular complexity index is 1000. The largest absolute Gasteiger partial charge is 0.471 e. The third-order valence-electron chi connectivity index (χ3n) is 4.13. The van der Waals surface area contributed by atoms with Gasteiger partial charge in [0.05, 0.1) is 19.8 Å². The minimum atomic E-state index is -5.34. The average Bonchev–Trinajstić information content (AvgIpc) is 2.75. The standard InChI is InChI=1S/C21H21Cl2F3NO6P/c1-2-31-19(28)11-27(20(29)21(24,25)26)14-34(30,32-12-15-5-3-7-17(22)9-15)33-13-16-6-4-8-18(23)10-16/h3-10H,2,11-14H2,1H3. The van der Waals surface area contributed by atoms with Crippen molar-refractivity contribution in [3.63, 3.8) is 0 Å². The number of amides is 1. The number of halogens is 5. The molecule has 0 fully saturated rings. The molecule has 0 aliphatic heterocycles. The number of carbonyl (C=O) groups is 2. The lowest BCUT2D eigenvalue weighted by molar-refractivity contribution is -0.186. The van der Waals surface area contributed by atoms with E-state index in [-0.39, 0.29) is 24.7 Å². The van der Waals surface area contributed by atoms with Gasteiger partial charge in [0, 0.05) is 10.0 Å². The van der Waals surface area contributed by atoms with Gasteiger partial charge in [0.2, 0.25) is 0 Å². The van der Waals surface area contributed by atoms with Gasteiger partial charge < -0.3 is 18.7 Å². The Morgan fingerprint density at radius 2 is 1.47 bits per heavy atom. The third-order valence-corrected chi connectivity index (χ3v) is 6.34. The molecular formula is C21H21Cl2F3NO6P. The maximum absolute atomic E-state index is 13.5. The van der Waals surface area contributed by atoms with E-state index in [2.05, 4.69) is 4.74 Å². The summed E-state index contributed by atoms with van der Waals surface area (Å²) in [6.45, 7) is -0.471. The fraction of sp³-hybridized carbons (Fsp3) is 0.333. The Kier molecular flexibility index (Phi) is 10.4. The van der Waals surface area contributed by atoms with Crippen molar-refractivity contribution >= 4 is 42.7 Å². The molecule has 0 atom stereocenters. The summed E-state index contributed by atoms with van der Waals surface area (Å²) >= 11 is 11.8. The van der Waals surface area contributed by atoms with Crippen molar-refractivity contribution in [1.29, 1.82) is 0 Å². The SMILES string of the molecule is CCOC(=O)CN(CP(=O)(OCc1cccc(Cl)c1)OCc1cccc(Cl)c1)C(=O)C(F)(F)F. The summed E-state index contributed by atoms with van der Waals surface area (Å²) in [7, 11) is -4.42. The summed E-state index contributed by atoms with van der Waals surface area (Å²) < 4.78 is 68.4. The highest BCUT2D eigenvalue weighted by Gasteiger charge is 2.45. The summed E-state index contributed by atoms with van der Waals surface area (Å²) in [5, 5.41) is 0.707. The maximum Gasteiger partial charge on any atom is 0.471 e. The Labute approximate surface area is 204 Å². The van der Waals surface area contributed by atoms with Crippen LogP contribution in [0, 0.1) is 0 Å². The van der Waals surface area contributed by atoms with Crippen LogP contribution in [-0.2, 0) is 41.2 Å². The Balaban J connectivity index is 2.29. The normalized spacial score (nSPS) is 11.8. The third kappa shape index (κ3) is 9.27. The molecule has 0 aliphatic carbocycles. The van der Waals surface area contributed by atoms with Crippen molar-refractivity contribution in [2.24, 2.45) is 0 Å². The molecule has 2 aromatic carbocycles. The van der Waals surface area contributed by atoms with E-state index in [1.165, 1.54) is 19.1 Å². The molecule has 13 heteroatoms. The molecule has 0 heterocycles. The molecule has 2 aromatic rings. The molecule has 1 amide bonds.